The van der Waals surface area contributed by atoms with Crippen LogP contribution in [-0.2, 0) is 4.74 Å². The third kappa shape index (κ3) is 3.63. The van der Waals surface area contributed by atoms with E-state index in [1.165, 1.54) is 13.1 Å². The van der Waals surface area contributed by atoms with Gasteiger partial charge in [-0.25, -0.2) is 0 Å². The molecule has 0 bridgehead atoms. The zero-order chi connectivity index (χ0) is 9.68. The Kier molecular flexibility index (Phi) is 4.70. The number of hydrogen-bond acceptors (Lipinski definition) is 3. The molecule has 0 amide bonds. The molecular weight excluding hydrogens is 164 g/mol. The van der Waals surface area contributed by atoms with E-state index in [-0.39, 0.29) is 0 Å². The maximum atomic E-state index is 5.27. The Morgan fingerprint density at radius 3 is 2.46 bits per heavy atom. The molecule has 2 atom stereocenters. The second-order valence-electron chi connectivity index (χ2n) is 3.92. The van der Waals surface area contributed by atoms with Crippen LogP contribution >= 0.6 is 0 Å². The van der Waals surface area contributed by atoms with Crippen LogP contribution in [0.5, 0.6) is 0 Å². The quantitative estimate of drug-likeness (QED) is 0.699. The average molecular weight is 186 g/mol. The molecule has 0 aromatic carbocycles. The van der Waals surface area contributed by atoms with Gasteiger partial charge in [-0.05, 0) is 20.3 Å². The molecule has 0 radical (unpaired) electrons. The first-order chi connectivity index (χ1) is 6.24. The second-order valence-corrected chi connectivity index (χ2v) is 3.92. The predicted octanol–water partition coefficient (Wildman–Crippen LogP) is 0.705. The lowest BCUT2D eigenvalue weighted by molar-refractivity contribution is 0.0725. The van der Waals surface area contributed by atoms with Crippen molar-refractivity contribution >= 4 is 0 Å². The maximum absolute atomic E-state index is 5.27. The van der Waals surface area contributed by atoms with Crippen molar-refractivity contribution in [2.75, 3.05) is 33.3 Å². The van der Waals surface area contributed by atoms with Crippen molar-refractivity contribution in [3.8, 4) is 0 Å². The SMILES string of the molecule is COC(C)CC(C)N1CCNCC1. The Bertz CT molecular complexity index is 135. The lowest BCUT2D eigenvalue weighted by Gasteiger charge is -2.33. The van der Waals surface area contributed by atoms with Crippen LogP contribution in [0.3, 0.4) is 0 Å². The maximum Gasteiger partial charge on any atom is 0.0558 e. The summed E-state index contributed by atoms with van der Waals surface area (Å²) in [5.41, 5.74) is 0. The highest BCUT2D eigenvalue weighted by Gasteiger charge is 2.17. The molecule has 1 rings (SSSR count). The van der Waals surface area contributed by atoms with E-state index in [0.717, 1.165) is 19.5 Å². The number of methoxy groups -OCH3 is 1. The highest BCUT2D eigenvalue weighted by atomic mass is 16.5. The van der Waals surface area contributed by atoms with Crippen molar-refractivity contribution in [2.24, 2.45) is 0 Å². The van der Waals surface area contributed by atoms with Gasteiger partial charge in [-0.3, -0.25) is 4.90 Å². The van der Waals surface area contributed by atoms with E-state index in [0.29, 0.717) is 12.1 Å². The fourth-order valence-corrected chi connectivity index (χ4v) is 1.85. The summed E-state index contributed by atoms with van der Waals surface area (Å²) < 4.78 is 5.27. The van der Waals surface area contributed by atoms with Crippen LogP contribution in [0.4, 0.5) is 0 Å². The Balaban J connectivity index is 2.24. The molecule has 1 saturated heterocycles. The lowest BCUT2D eigenvalue weighted by atomic mass is 10.1. The molecular formula is C10H22N2O. The Labute approximate surface area is 81.4 Å². The zero-order valence-corrected chi connectivity index (χ0v) is 9.05. The third-order valence-corrected chi connectivity index (χ3v) is 2.85. The van der Waals surface area contributed by atoms with Gasteiger partial charge < -0.3 is 10.1 Å². The minimum Gasteiger partial charge on any atom is -0.382 e. The second kappa shape index (κ2) is 5.58. The normalized spacial score (nSPS) is 24.2. The number of nitrogens with one attached hydrogen (secondary N) is 1. The molecule has 0 spiro atoms. The summed E-state index contributed by atoms with van der Waals surface area (Å²) in [7, 11) is 1.79. The number of piperazine rings is 1. The first-order valence-electron chi connectivity index (χ1n) is 5.21. The van der Waals surface area contributed by atoms with Gasteiger partial charge in [0.25, 0.3) is 0 Å². The summed E-state index contributed by atoms with van der Waals surface area (Å²) in [6.07, 6.45) is 1.51. The van der Waals surface area contributed by atoms with Crippen molar-refractivity contribution in [1.29, 1.82) is 0 Å². The molecule has 0 aliphatic carbocycles. The largest absolute Gasteiger partial charge is 0.382 e. The summed E-state index contributed by atoms with van der Waals surface area (Å²) in [5.74, 6) is 0. The van der Waals surface area contributed by atoms with E-state index in [1.54, 1.807) is 7.11 Å². The minimum atomic E-state index is 0.380. The molecule has 0 aromatic rings. The van der Waals surface area contributed by atoms with Gasteiger partial charge in [0.15, 0.2) is 0 Å². The average Bonchev–Trinajstić information content (AvgIpc) is 2.19. The first-order valence-corrected chi connectivity index (χ1v) is 5.21. The van der Waals surface area contributed by atoms with Crippen LogP contribution in [0, 0.1) is 0 Å². The van der Waals surface area contributed by atoms with Crippen LogP contribution in [0.1, 0.15) is 20.3 Å². The molecule has 1 fully saturated rings. The summed E-state index contributed by atoms with van der Waals surface area (Å²) in [6.45, 7) is 9.05. The third-order valence-electron chi connectivity index (χ3n) is 2.85. The van der Waals surface area contributed by atoms with Crippen molar-refractivity contribution in [3.05, 3.63) is 0 Å². The monoisotopic (exact) mass is 186 g/mol. The van der Waals surface area contributed by atoms with E-state index < -0.39 is 0 Å². The van der Waals surface area contributed by atoms with E-state index >= 15 is 0 Å². The minimum absolute atomic E-state index is 0.380. The molecule has 1 heterocycles. The van der Waals surface area contributed by atoms with Gasteiger partial charge >= 0.3 is 0 Å². The molecule has 2 unspecified atom stereocenters. The fourth-order valence-electron chi connectivity index (χ4n) is 1.85. The van der Waals surface area contributed by atoms with Gasteiger partial charge in [0.05, 0.1) is 6.10 Å². The van der Waals surface area contributed by atoms with Gasteiger partial charge in [0.1, 0.15) is 0 Å². The molecule has 3 nitrogen and oxygen atoms in total. The lowest BCUT2D eigenvalue weighted by Crippen LogP contribution is -2.48. The zero-order valence-electron chi connectivity index (χ0n) is 9.05. The molecule has 1 aliphatic heterocycles. The van der Waals surface area contributed by atoms with Crippen LogP contribution in [0.25, 0.3) is 0 Å². The molecule has 1 N–H and O–H groups in total. The van der Waals surface area contributed by atoms with Crippen LogP contribution in [0.2, 0.25) is 0 Å². The molecule has 13 heavy (non-hydrogen) atoms. The van der Waals surface area contributed by atoms with Crippen LogP contribution < -0.4 is 5.32 Å². The predicted molar refractivity (Wildman–Crippen MR) is 55.0 cm³/mol. The van der Waals surface area contributed by atoms with E-state index in [2.05, 4.69) is 24.1 Å². The Morgan fingerprint density at radius 2 is 1.92 bits per heavy atom. The van der Waals surface area contributed by atoms with Crippen LogP contribution in [0.15, 0.2) is 0 Å². The number of nitrogens with zero attached hydrogens (tertiary/aromatic N) is 1. The topological polar surface area (TPSA) is 24.5 Å². The summed E-state index contributed by atoms with van der Waals surface area (Å²) in [5, 5.41) is 3.36. The highest BCUT2D eigenvalue weighted by molar-refractivity contribution is 4.74. The van der Waals surface area contributed by atoms with Crippen molar-refractivity contribution in [1.82, 2.24) is 10.2 Å². The van der Waals surface area contributed by atoms with E-state index in [1.807, 2.05) is 0 Å². The number of ether oxygens (including phenoxy) is 1. The molecule has 0 aromatic heterocycles. The van der Waals surface area contributed by atoms with Crippen molar-refractivity contribution in [2.45, 2.75) is 32.4 Å². The summed E-state index contributed by atoms with van der Waals surface area (Å²) in [6, 6.07) is 0.650. The van der Waals surface area contributed by atoms with Crippen molar-refractivity contribution in [3.63, 3.8) is 0 Å². The Morgan fingerprint density at radius 1 is 1.31 bits per heavy atom. The molecule has 1 aliphatic rings. The summed E-state index contributed by atoms with van der Waals surface area (Å²) in [4.78, 5) is 2.53. The number of hydrogen-bond donors (Lipinski definition) is 1. The van der Waals surface area contributed by atoms with Crippen molar-refractivity contribution < 1.29 is 4.74 Å². The van der Waals surface area contributed by atoms with Gasteiger partial charge in [0, 0.05) is 39.3 Å². The summed E-state index contributed by atoms with van der Waals surface area (Å²) >= 11 is 0. The number of rotatable bonds is 4. The van der Waals surface area contributed by atoms with Gasteiger partial charge in [-0.2, -0.15) is 0 Å². The molecule has 78 valence electrons. The van der Waals surface area contributed by atoms with E-state index in [4.69, 9.17) is 4.74 Å². The molecule has 3 heteroatoms. The van der Waals surface area contributed by atoms with E-state index in [9.17, 15) is 0 Å². The fraction of sp³-hybridized carbons (Fsp3) is 1.00. The van der Waals surface area contributed by atoms with Gasteiger partial charge in [0.2, 0.25) is 0 Å². The van der Waals surface area contributed by atoms with Crippen LogP contribution in [-0.4, -0.2) is 50.3 Å². The van der Waals surface area contributed by atoms with Gasteiger partial charge in [-0.15, -0.1) is 0 Å². The Hall–Kier alpha value is -0.120. The standard InChI is InChI=1S/C10H22N2O/c1-9(8-10(2)13-3)12-6-4-11-5-7-12/h9-11H,4-8H2,1-3H3. The van der Waals surface area contributed by atoms with Gasteiger partial charge in [-0.1, -0.05) is 0 Å². The first kappa shape index (κ1) is 11.0. The highest BCUT2D eigenvalue weighted by Crippen LogP contribution is 2.09. The molecule has 0 saturated carbocycles. The smallest absolute Gasteiger partial charge is 0.0558 e.